The molecule has 5 nitrogen and oxygen atoms in total. The number of aromatic nitrogens is 3. The average molecular weight is 355 g/mol. The molecule has 0 aliphatic carbocycles. The summed E-state index contributed by atoms with van der Waals surface area (Å²) >= 11 is 0. The number of benzene rings is 2. The summed E-state index contributed by atoms with van der Waals surface area (Å²) in [5, 5.41) is 1.08. The summed E-state index contributed by atoms with van der Waals surface area (Å²) in [5.74, 6) is 0. The minimum Gasteiger partial charge on any atom is -0.279 e. The van der Waals surface area contributed by atoms with Crippen LogP contribution in [0.15, 0.2) is 76.3 Å². The number of nitrogens with zero attached hydrogens (tertiary/aromatic N) is 3. The van der Waals surface area contributed by atoms with Gasteiger partial charge in [-0.05, 0) is 50.2 Å². The first-order valence-electron chi connectivity index (χ1n) is 8.85. The van der Waals surface area contributed by atoms with Crippen LogP contribution in [0.2, 0.25) is 0 Å². The van der Waals surface area contributed by atoms with Gasteiger partial charge in [-0.15, -0.1) is 0 Å². The van der Waals surface area contributed by atoms with Gasteiger partial charge in [0.15, 0.2) is 0 Å². The Labute approximate surface area is 154 Å². The van der Waals surface area contributed by atoms with E-state index >= 15 is 0 Å². The van der Waals surface area contributed by atoms with E-state index < -0.39 is 0 Å². The molecular weight excluding hydrogens is 338 g/mol. The molecule has 0 fully saturated rings. The molecule has 5 heteroatoms. The van der Waals surface area contributed by atoms with Crippen LogP contribution >= 0.6 is 0 Å². The van der Waals surface area contributed by atoms with Gasteiger partial charge < -0.3 is 0 Å². The monoisotopic (exact) mass is 355 g/mol. The fraction of sp³-hybridized carbons (Fsp3) is 0.0909. The van der Waals surface area contributed by atoms with Crippen LogP contribution in [0.4, 0.5) is 0 Å². The molecular formula is C22H17N3O2. The summed E-state index contributed by atoms with van der Waals surface area (Å²) in [6.07, 6.45) is 1.91. The second-order valence-electron chi connectivity index (χ2n) is 6.63. The zero-order chi connectivity index (χ0) is 18.7. The van der Waals surface area contributed by atoms with Crippen molar-refractivity contribution in [2.75, 3.05) is 0 Å². The molecule has 0 aliphatic rings. The van der Waals surface area contributed by atoms with Crippen LogP contribution in [0, 0.1) is 0 Å². The van der Waals surface area contributed by atoms with E-state index in [4.69, 9.17) is 0 Å². The SMILES string of the molecule is C/C=C(\C)n1c(=O)c2cccc3c(=O)n(-c4ccccc4)c4ccc1n4c23. The second kappa shape index (κ2) is 5.45. The predicted molar refractivity (Wildman–Crippen MR) is 109 cm³/mol. The third kappa shape index (κ3) is 1.94. The van der Waals surface area contributed by atoms with E-state index in [9.17, 15) is 9.59 Å². The molecule has 0 saturated carbocycles. The van der Waals surface area contributed by atoms with Gasteiger partial charge in [-0.25, -0.2) is 0 Å². The number of hydrogen-bond donors (Lipinski definition) is 0. The van der Waals surface area contributed by atoms with Gasteiger partial charge in [0.25, 0.3) is 11.1 Å². The van der Waals surface area contributed by atoms with Crippen molar-refractivity contribution >= 4 is 33.3 Å². The van der Waals surface area contributed by atoms with E-state index in [-0.39, 0.29) is 11.1 Å². The third-order valence-corrected chi connectivity index (χ3v) is 5.21. The molecule has 0 aliphatic heterocycles. The fourth-order valence-electron chi connectivity index (χ4n) is 3.87. The van der Waals surface area contributed by atoms with E-state index in [2.05, 4.69) is 0 Å². The predicted octanol–water partition coefficient (Wildman–Crippen LogP) is 3.88. The average Bonchev–Trinajstić information content (AvgIpc) is 3.13. The highest BCUT2D eigenvalue weighted by molar-refractivity contribution is 5.98. The summed E-state index contributed by atoms with van der Waals surface area (Å²) in [6.45, 7) is 3.82. The molecule has 2 aromatic carbocycles. The van der Waals surface area contributed by atoms with Crippen molar-refractivity contribution in [2.24, 2.45) is 0 Å². The minimum absolute atomic E-state index is 0.111. The van der Waals surface area contributed by atoms with Crippen molar-refractivity contribution in [1.82, 2.24) is 13.5 Å². The van der Waals surface area contributed by atoms with Crippen LogP contribution in [0.25, 0.3) is 39.0 Å². The van der Waals surface area contributed by atoms with Gasteiger partial charge in [-0.2, -0.15) is 0 Å². The lowest BCUT2D eigenvalue weighted by Gasteiger charge is -2.17. The molecule has 0 N–H and O–H groups in total. The van der Waals surface area contributed by atoms with E-state index in [0.29, 0.717) is 16.3 Å². The highest BCUT2D eigenvalue weighted by Gasteiger charge is 2.20. The molecule has 3 heterocycles. The number of hydrogen-bond acceptors (Lipinski definition) is 2. The molecule has 0 unspecified atom stereocenters. The van der Waals surface area contributed by atoms with Crippen LogP contribution in [0.5, 0.6) is 0 Å². The molecule has 0 spiro atoms. The van der Waals surface area contributed by atoms with Gasteiger partial charge in [0.1, 0.15) is 11.3 Å². The van der Waals surface area contributed by atoms with Crippen molar-refractivity contribution in [3.8, 4) is 5.69 Å². The summed E-state index contributed by atoms with van der Waals surface area (Å²) in [6, 6.07) is 18.7. The molecule has 0 radical (unpaired) electrons. The number of para-hydroxylation sites is 2. The molecule has 132 valence electrons. The Balaban J connectivity index is 2.13. The summed E-state index contributed by atoms with van der Waals surface area (Å²) in [4.78, 5) is 26.5. The van der Waals surface area contributed by atoms with Crippen molar-refractivity contribution in [3.63, 3.8) is 0 Å². The molecule has 27 heavy (non-hydrogen) atoms. The Hall–Kier alpha value is -3.60. The topological polar surface area (TPSA) is 48.4 Å². The molecule has 5 rings (SSSR count). The zero-order valence-electron chi connectivity index (χ0n) is 15.0. The van der Waals surface area contributed by atoms with Gasteiger partial charge in [-0.1, -0.05) is 30.3 Å². The fourth-order valence-corrected chi connectivity index (χ4v) is 3.87. The van der Waals surface area contributed by atoms with Crippen LogP contribution < -0.4 is 11.1 Å². The van der Waals surface area contributed by atoms with Gasteiger partial charge in [0.05, 0.1) is 22.0 Å². The molecule has 0 bridgehead atoms. The lowest BCUT2D eigenvalue weighted by molar-refractivity contribution is 0.970. The summed E-state index contributed by atoms with van der Waals surface area (Å²) in [5.41, 5.74) is 3.57. The lowest BCUT2D eigenvalue weighted by atomic mass is 10.1. The highest BCUT2D eigenvalue weighted by atomic mass is 16.1. The molecule has 3 aromatic heterocycles. The first-order chi connectivity index (χ1) is 13.1. The van der Waals surface area contributed by atoms with Crippen LogP contribution in [-0.4, -0.2) is 13.5 Å². The van der Waals surface area contributed by atoms with E-state index in [1.165, 1.54) is 0 Å². The maximum atomic E-state index is 13.3. The molecule has 5 aromatic rings. The van der Waals surface area contributed by atoms with Crippen LogP contribution in [0.3, 0.4) is 0 Å². The van der Waals surface area contributed by atoms with Crippen molar-refractivity contribution < 1.29 is 0 Å². The van der Waals surface area contributed by atoms with Gasteiger partial charge in [0, 0.05) is 5.70 Å². The third-order valence-electron chi connectivity index (χ3n) is 5.21. The van der Waals surface area contributed by atoms with Gasteiger partial charge in [-0.3, -0.25) is 23.1 Å². The van der Waals surface area contributed by atoms with E-state index in [1.54, 1.807) is 27.3 Å². The summed E-state index contributed by atoms with van der Waals surface area (Å²) < 4.78 is 5.41. The summed E-state index contributed by atoms with van der Waals surface area (Å²) in [7, 11) is 0. The first kappa shape index (κ1) is 15.6. The first-order valence-corrected chi connectivity index (χ1v) is 8.85. The lowest BCUT2D eigenvalue weighted by Crippen LogP contribution is -2.26. The Morgan fingerprint density at radius 1 is 0.815 bits per heavy atom. The standard InChI is InChI=1S/C22H17N3O2/c1-3-14(2)23-18-12-13-19-24(15-8-5-4-6-9-15)22(27)17-11-7-10-16(21(23)26)20(17)25(18)19/h3-13H,1-2H3/b14-3+. The Bertz CT molecular complexity index is 1470. The van der Waals surface area contributed by atoms with Gasteiger partial charge in [0.2, 0.25) is 0 Å². The van der Waals surface area contributed by atoms with E-state index in [1.807, 2.05) is 66.8 Å². The maximum Gasteiger partial charge on any atom is 0.266 e. The zero-order valence-corrected chi connectivity index (χ0v) is 15.0. The second-order valence-corrected chi connectivity index (χ2v) is 6.63. The minimum atomic E-state index is -0.126. The smallest absolute Gasteiger partial charge is 0.266 e. The van der Waals surface area contributed by atoms with Crippen molar-refractivity contribution in [2.45, 2.75) is 13.8 Å². The quantitative estimate of drug-likeness (QED) is 0.482. The Morgan fingerprint density at radius 2 is 1.48 bits per heavy atom. The Morgan fingerprint density at radius 3 is 2.19 bits per heavy atom. The highest BCUT2D eigenvalue weighted by Crippen LogP contribution is 2.25. The maximum absolute atomic E-state index is 13.3. The molecule has 0 amide bonds. The normalized spacial score (nSPS) is 12.6. The van der Waals surface area contributed by atoms with Crippen LogP contribution in [-0.2, 0) is 0 Å². The molecule has 0 saturated heterocycles. The molecule has 0 atom stereocenters. The van der Waals surface area contributed by atoms with Crippen molar-refractivity contribution in [3.05, 3.63) is 87.4 Å². The number of rotatable bonds is 2. The van der Waals surface area contributed by atoms with Crippen LogP contribution in [0.1, 0.15) is 13.8 Å². The van der Waals surface area contributed by atoms with Gasteiger partial charge >= 0.3 is 0 Å². The van der Waals surface area contributed by atoms with E-state index in [0.717, 1.165) is 22.7 Å². The largest absolute Gasteiger partial charge is 0.279 e. The number of allylic oxidation sites excluding steroid dienone is 2. The Kier molecular flexibility index (Phi) is 3.15. The van der Waals surface area contributed by atoms with Crippen molar-refractivity contribution in [1.29, 1.82) is 0 Å².